The molecule has 0 saturated heterocycles. The minimum Gasteiger partial charge on any atom is -0.529 e. The summed E-state index contributed by atoms with van der Waals surface area (Å²) in [5.74, 6) is 1.63. The van der Waals surface area contributed by atoms with Gasteiger partial charge in [0.2, 0.25) is 0 Å². The van der Waals surface area contributed by atoms with Gasteiger partial charge in [-0.3, -0.25) is 0 Å². The second-order valence-electron chi connectivity index (χ2n) is 6.17. The first-order valence-electron chi connectivity index (χ1n) is 7.76. The van der Waals surface area contributed by atoms with E-state index in [-0.39, 0.29) is 20.1 Å². The smallest absolute Gasteiger partial charge is 0.529 e. The number of rotatable bonds is 8. The largest absolute Gasteiger partial charge is 0.576 e. The highest BCUT2D eigenvalue weighted by atomic mass is 35.5. The van der Waals surface area contributed by atoms with Crippen LogP contribution >= 0.6 is 12.4 Å². The summed E-state index contributed by atoms with van der Waals surface area (Å²) >= 11 is 0. The van der Waals surface area contributed by atoms with E-state index in [1.54, 1.807) is 0 Å². The fourth-order valence-electron chi connectivity index (χ4n) is 2.28. The van der Waals surface area contributed by atoms with E-state index < -0.39 is 0 Å². The molecular weight excluding hydrogens is 322 g/mol. The molecule has 0 bridgehead atoms. The molecule has 130 valence electrons. The molecule has 0 aliphatic heterocycles. The van der Waals surface area contributed by atoms with Crippen LogP contribution in [0.15, 0.2) is 48.5 Å². The van der Waals surface area contributed by atoms with Gasteiger partial charge in [-0.25, -0.2) is 0 Å². The molecule has 0 atom stereocenters. The van der Waals surface area contributed by atoms with Gasteiger partial charge in [0, 0.05) is 13.1 Å². The monoisotopic (exact) mass is 348 g/mol. The molecule has 0 spiro atoms. The third-order valence-electron chi connectivity index (χ3n) is 3.30. The van der Waals surface area contributed by atoms with Crippen LogP contribution in [0, 0.1) is 0 Å². The van der Waals surface area contributed by atoms with Crippen LogP contribution in [-0.2, 0) is 13.1 Å². The van der Waals surface area contributed by atoms with E-state index in [0.717, 1.165) is 24.6 Å². The summed E-state index contributed by atoms with van der Waals surface area (Å²) < 4.78 is 11.2. The van der Waals surface area contributed by atoms with Gasteiger partial charge < -0.3 is 19.1 Å². The predicted octanol–water partition coefficient (Wildman–Crippen LogP) is 2.96. The van der Waals surface area contributed by atoms with Crippen LogP contribution in [0.1, 0.15) is 11.1 Å². The molecule has 4 nitrogen and oxygen atoms in total. The average molecular weight is 349 g/mol. The molecule has 2 aromatic carbocycles. The van der Waals surface area contributed by atoms with Gasteiger partial charge in [-0.15, -0.1) is 12.4 Å². The van der Waals surface area contributed by atoms with Crippen LogP contribution in [0.2, 0.25) is 0 Å². The number of nitrogens with zero attached hydrogens (tertiary/aromatic N) is 2. The molecule has 24 heavy (non-hydrogen) atoms. The highest BCUT2D eigenvalue weighted by Gasteiger charge is 2.02. The van der Waals surface area contributed by atoms with Crippen molar-refractivity contribution in [2.24, 2.45) is 0 Å². The maximum Gasteiger partial charge on any atom is 0.576 e. The zero-order valence-electron chi connectivity index (χ0n) is 14.9. The van der Waals surface area contributed by atoms with Crippen LogP contribution < -0.4 is 9.31 Å². The van der Waals surface area contributed by atoms with Gasteiger partial charge in [0.1, 0.15) is 11.5 Å². The first-order valence-corrected chi connectivity index (χ1v) is 7.76. The van der Waals surface area contributed by atoms with E-state index in [4.69, 9.17) is 9.31 Å². The lowest BCUT2D eigenvalue weighted by molar-refractivity contribution is 0.401. The van der Waals surface area contributed by atoms with Crippen molar-refractivity contribution in [1.29, 1.82) is 0 Å². The molecule has 0 aliphatic carbocycles. The average Bonchev–Trinajstić information content (AvgIpc) is 2.50. The predicted molar refractivity (Wildman–Crippen MR) is 103 cm³/mol. The Hall–Kier alpha value is -1.69. The second-order valence-corrected chi connectivity index (χ2v) is 6.17. The molecule has 0 radical (unpaired) electrons. The first kappa shape index (κ1) is 20.4. The quantitative estimate of drug-likeness (QED) is 0.685. The van der Waals surface area contributed by atoms with Crippen molar-refractivity contribution in [3.63, 3.8) is 0 Å². The maximum atomic E-state index is 5.62. The van der Waals surface area contributed by atoms with Crippen LogP contribution in [0.4, 0.5) is 0 Å². The second kappa shape index (κ2) is 10.2. The first-order chi connectivity index (χ1) is 11.0. The van der Waals surface area contributed by atoms with Crippen LogP contribution in [0.3, 0.4) is 0 Å². The van der Waals surface area contributed by atoms with E-state index in [0.29, 0.717) is 0 Å². The number of hydrogen-bond donors (Lipinski definition) is 0. The Kier molecular flexibility index (Phi) is 8.68. The van der Waals surface area contributed by atoms with Crippen LogP contribution in [0.25, 0.3) is 0 Å². The summed E-state index contributed by atoms with van der Waals surface area (Å²) in [5.41, 5.74) is 2.53. The Bertz CT molecular complexity index is 535. The van der Waals surface area contributed by atoms with Gasteiger partial charge in [-0.2, -0.15) is 0 Å². The van der Waals surface area contributed by atoms with E-state index in [2.05, 4.69) is 62.3 Å². The van der Waals surface area contributed by atoms with Crippen molar-refractivity contribution in [2.45, 2.75) is 13.1 Å². The van der Waals surface area contributed by atoms with E-state index in [9.17, 15) is 0 Å². The summed E-state index contributed by atoms with van der Waals surface area (Å²) in [5, 5.41) is 0. The fraction of sp³-hybridized carbons (Fsp3) is 0.333. The summed E-state index contributed by atoms with van der Waals surface area (Å²) in [6, 6.07) is 16.2. The molecule has 0 saturated carbocycles. The summed E-state index contributed by atoms with van der Waals surface area (Å²) in [6.45, 7) is 1.85. The van der Waals surface area contributed by atoms with Crippen molar-refractivity contribution in [3.05, 3.63) is 59.7 Å². The van der Waals surface area contributed by atoms with Gasteiger partial charge in [0.05, 0.1) is 0 Å². The van der Waals surface area contributed by atoms with Crippen molar-refractivity contribution in [2.75, 3.05) is 28.2 Å². The van der Waals surface area contributed by atoms with Gasteiger partial charge in [0.25, 0.3) is 0 Å². The molecule has 0 heterocycles. The number of halogens is 1. The summed E-state index contributed by atoms with van der Waals surface area (Å²) in [6.07, 6.45) is 0. The molecule has 0 fully saturated rings. The molecule has 0 aromatic heterocycles. The third kappa shape index (κ3) is 7.26. The van der Waals surface area contributed by atoms with Crippen molar-refractivity contribution < 1.29 is 9.31 Å². The highest BCUT2D eigenvalue weighted by Crippen LogP contribution is 2.15. The van der Waals surface area contributed by atoms with Crippen molar-refractivity contribution in [3.8, 4) is 11.5 Å². The molecule has 0 amide bonds. The van der Waals surface area contributed by atoms with E-state index >= 15 is 0 Å². The Morgan fingerprint density at radius 3 is 1.29 bits per heavy atom. The minimum atomic E-state index is 0. The summed E-state index contributed by atoms with van der Waals surface area (Å²) in [4.78, 5) is 4.28. The molecule has 0 N–H and O–H groups in total. The van der Waals surface area contributed by atoms with Gasteiger partial charge in [-0.1, -0.05) is 24.3 Å². The summed E-state index contributed by atoms with van der Waals surface area (Å²) in [7, 11) is 8.44. The van der Waals surface area contributed by atoms with Crippen molar-refractivity contribution in [1.82, 2.24) is 9.80 Å². The lowest BCUT2D eigenvalue weighted by atomic mass is 10.2. The lowest BCUT2D eigenvalue weighted by Crippen LogP contribution is -2.12. The Morgan fingerprint density at radius 1 is 0.667 bits per heavy atom. The SMILES string of the molecule is CN(C)Cc1ccc(OBOc2ccc(CN(C)C)cc2)cc1.Cl. The lowest BCUT2D eigenvalue weighted by Gasteiger charge is -2.12. The third-order valence-corrected chi connectivity index (χ3v) is 3.30. The standard InChI is InChI=1S/C18H25BN2O2.ClH/c1-20(2)13-15-5-9-17(10-6-15)22-19-23-18-11-7-16(8-12-18)14-21(3)4;/h5-12,19H,13-14H2,1-4H3;1H. The molecular formula is C18H26BClN2O2. The van der Waals surface area contributed by atoms with Crippen LogP contribution in [0.5, 0.6) is 11.5 Å². The Balaban J connectivity index is 0.00000288. The van der Waals surface area contributed by atoms with Gasteiger partial charge >= 0.3 is 7.69 Å². The Morgan fingerprint density at radius 2 is 1.00 bits per heavy atom. The van der Waals surface area contributed by atoms with Crippen LogP contribution in [-0.4, -0.2) is 45.7 Å². The molecule has 0 aliphatic rings. The highest BCUT2D eigenvalue weighted by molar-refractivity contribution is 6.20. The zero-order valence-corrected chi connectivity index (χ0v) is 15.7. The zero-order chi connectivity index (χ0) is 16.7. The Labute approximate surface area is 152 Å². The van der Waals surface area contributed by atoms with Gasteiger partial charge in [-0.05, 0) is 63.6 Å². The van der Waals surface area contributed by atoms with E-state index in [1.807, 2.05) is 24.3 Å². The maximum absolute atomic E-state index is 5.62. The minimum absolute atomic E-state index is 0. The number of benzene rings is 2. The molecule has 0 unspecified atom stereocenters. The molecule has 2 aromatic rings. The molecule has 2 rings (SSSR count). The van der Waals surface area contributed by atoms with Gasteiger partial charge in [0.15, 0.2) is 0 Å². The fourth-order valence-corrected chi connectivity index (χ4v) is 2.28. The van der Waals surface area contributed by atoms with Crippen molar-refractivity contribution >= 4 is 20.1 Å². The topological polar surface area (TPSA) is 24.9 Å². The molecule has 6 heteroatoms. The van der Waals surface area contributed by atoms with E-state index in [1.165, 1.54) is 11.1 Å². The number of hydrogen-bond acceptors (Lipinski definition) is 4. The normalized spacial score (nSPS) is 10.4.